The Hall–Kier alpha value is -3.46. The number of nitrogens with one attached hydrogen (secondary N) is 1. The number of hydrogen-bond donors (Lipinski definition) is 1. The zero-order valence-electron chi connectivity index (χ0n) is 13.5. The van der Waals surface area contributed by atoms with Gasteiger partial charge in [-0.2, -0.15) is 5.10 Å². The minimum Gasteiger partial charge on any atom is -0.362 e. The molecule has 3 heterocycles. The van der Waals surface area contributed by atoms with Crippen molar-refractivity contribution >= 4 is 11.5 Å². The Morgan fingerprint density at radius 1 is 1.16 bits per heavy atom. The molecule has 0 unspecified atom stereocenters. The van der Waals surface area contributed by atoms with Crippen molar-refractivity contribution in [1.82, 2.24) is 19.6 Å². The van der Waals surface area contributed by atoms with E-state index in [1.807, 2.05) is 25.3 Å². The van der Waals surface area contributed by atoms with E-state index >= 15 is 0 Å². The number of imidazole rings is 1. The van der Waals surface area contributed by atoms with Crippen molar-refractivity contribution in [3.8, 4) is 22.4 Å². The van der Waals surface area contributed by atoms with E-state index in [1.54, 1.807) is 22.7 Å². The first-order chi connectivity index (χ1) is 12.2. The third-order valence-electron chi connectivity index (χ3n) is 4.20. The summed E-state index contributed by atoms with van der Waals surface area (Å²) in [4.78, 5) is 7.73. The molecule has 5 nitrogen and oxygen atoms in total. The lowest BCUT2D eigenvalue weighted by Crippen LogP contribution is -1.91. The first kappa shape index (κ1) is 15.1. The van der Waals surface area contributed by atoms with E-state index in [1.165, 1.54) is 12.1 Å². The molecule has 4 aromatic rings. The van der Waals surface area contributed by atoms with Crippen molar-refractivity contribution in [2.75, 3.05) is 0 Å². The highest BCUT2D eigenvalue weighted by Crippen LogP contribution is 2.34. The number of aromatic amines is 1. The van der Waals surface area contributed by atoms with Crippen LogP contribution in [0.25, 0.3) is 32.9 Å². The molecular weight excluding hydrogens is 317 g/mol. The standard InChI is InChI=1S/C19H14FN5/c1-3-15-18(19(24-23-15)12-4-7-14(20)8-5-12)13-6-9-16-22-10-17(21-2)25(16)11-13/h4-11H,3H2,1H3,(H,23,24). The van der Waals surface area contributed by atoms with Gasteiger partial charge in [0.25, 0.3) is 5.82 Å². The van der Waals surface area contributed by atoms with Gasteiger partial charge in [-0.05, 0) is 36.8 Å². The summed E-state index contributed by atoms with van der Waals surface area (Å²) in [5, 5.41) is 7.52. The Balaban J connectivity index is 1.94. The van der Waals surface area contributed by atoms with E-state index in [0.29, 0.717) is 5.82 Å². The molecule has 0 atom stereocenters. The minimum atomic E-state index is -0.280. The lowest BCUT2D eigenvalue weighted by Gasteiger charge is -2.06. The van der Waals surface area contributed by atoms with Gasteiger partial charge >= 0.3 is 0 Å². The molecule has 0 aliphatic rings. The molecule has 0 fully saturated rings. The van der Waals surface area contributed by atoms with Crippen LogP contribution in [0.15, 0.2) is 48.8 Å². The molecule has 1 aromatic carbocycles. The Morgan fingerprint density at radius 3 is 2.64 bits per heavy atom. The Morgan fingerprint density at radius 2 is 1.92 bits per heavy atom. The van der Waals surface area contributed by atoms with Crippen molar-refractivity contribution in [2.24, 2.45) is 0 Å². The summed E-state index contributed by atoms with van der Waals surface area (Å²) in [5.74, 6) is 0.180. The van der Waals surface area contributed by atoms with E-state index in [0.717, 1.165) is 40.1 Å². The lowest BCUT2D eigenvalue weighted by molar-refractivity contribution is 0.628. The average molecular weight is 331 g/mol. The van der Waals surface area contributed by atoms with Crippen molar-refractivity contribution in [1.29, 1.82) is 0 Å². The number of halogens is 1. The van der Waals surface area contributed by atoms with E-state index in [-0.39, 0.29) is 5.82 Å². The number of fused-ring (bicyclic) bond motifs is 1. The molecule has 25 heavy (non-hydrogen) atoms. The quantitative estimate of drug-likeness (QED) is 0.556. The van der Waals surface area contributed by atoms with Crippen LogP contribution in [0.5, 0.6) is 0 Å². The molecule has 0 spiro atoms. The zero-order chi connectivity index (χ0) is 17.4. The molecule has 6 heteroatoms. The monoisotopic (exact) mass is 331 g/mol. The predicted octanol–water partition coefficient (Wildman–Crippen LogP) is 4.64. The van der Waals surface area contributed by atoms with Gasteiger partial charge in [0.15, 0.2) is 0 Å². The van der Waals surface area contributed by atoms with Gasteiger partial charge in [-0.25, -0.2) is 13.8 Å². The maximum absolute atomic E-state index is 13.3. The van der Waals surface area contributed by atoms with E-state index in [4.69, 9.17) is 6.57 Å². The highest BCUT2D eigenvalue weighted by molar-refractivity contribution is 5.83. The highest BCUT2D eigenvalue weighted by Gasteiger charge is 2.18. The molecule has 122 valence electrons. The molecule has 4 rings (SSSR count). The van der Waals surface area contributed by atoms with Crippen LogP contribution < -0.4 is 0 Å². The number of aryl methyl sites for hydroxylation is 1. The third-order valence-corrected chi connectivity index (χ3v) is 4.20. The topological polar surface area (TPSA) is 50.3 Å². The maximum atomic E-state index is 13.3. The average Bonchev–Trinajstić information content (AvgIpc) is 3.25. The van der Waals surface area contributed by atoms with Gasteiger partial charge in [-0.1, -0.05) is 13.5 Å². The first-order valence-electron chi connectivity index (χ1n) is 7.89. The number of rotatable bonds is 3. The summed E-state index contributed by atoms with van der Waals surface area (Å²) in [6.07, 6.45) is 4.23. The summed E-state index contributed by atoms with van der Waals surface area (Å²) < 4.78 is 15.0. The molecule has 0 amide bonds. The molecule has 0 radical (unpaired) electrons. The number of pyridine rings is 1. The second-order valence-corrected chi connectivity index (χ2v) is 5.66. The van der Waals surface area contributed by atoms with Gasteiger partial charge in [0, 0.05) is 28.5 Å². The molecule has 0 saturated carbocycles. The van der Waals surface area contributed by atoms with Gasteiger partial charge in [-0.15, -0.1) is 0 Å². The van der Waals surface area contributed by atoms with E-state index in [2.05, 4.69) is 20.0 Å². The van der Waals surface area contributed by atoms with Gasteiger partial charge < -0.3 is 4.85 Å². The molecule has 0 saturated heterocycles. The van der Waals surface area contributed by atoms with Gasteiger partial charge in [0.2, 0.25) is 5.65 Å². The maximum Gasteiger partial charge on any atom is 0.254 e. The van der Waals surface area contributed by atoms with E-state index < -0.39 is 0 Å². The summed E-state index contributed by atoms with van der Waals surface area (Å²) >= 11 is 0. The fourth-order valence-electron chi connectivity index (χ4n) is 2.96. The minimum absolute atomic E-state index is 0.280. The van der Waals surface area contributed by atoms with Crippen LogP contribution in [0.3, 0.4) is 0 Å². The van der Waals surface area contributed by atoms with Gasteiger partial charge in [0.05, 0.1) is 12.4 Å². The second kappa shape index (κ2) is 5.87. The molecule has 0 bridgehead atoms. The van der Waals surface area contributed by atoms with Gasteiger partial charge in [0.1, 0.15) is 11.5 Å². The molecule has 0 aliphatic carbocycles. The zero-order valence-corrected chi connectivity index (χ0v) is 13.5. The number of H-pyrrole nitrogens is 1. The Kier molecular flexibility index (Phi) is 3.55. The van der Waals surface area contributed by atoms with Crippen LogP contribution in [0.2, 0.25) is 0 Å². The summed E-state index contributed by atoms with van der Waals surface area (Å²) in [6, 6.07) is 10.1. The number of hydrogen-bond acceptors (Lipinski definition) is 2. The van der Waals surface area contributed by atoms with Crippen molar-refractivity contribution in [2.45, 2.75) is 13.3 Å². The van der Waals surface area contributed by atoms with Crippen LogP contribution in [-0.2, 0) is 6.42 Å². The second-order valence-electron chi connectivity index (χ2n) is 5.66. The third kappa shape index (κ3) is 2.46. The SMILES string of the molecule is [C-]#[N+]c1cnc2ccc(-c3c(-c4ccc(F)cc4)n[nH]c3CC)cn12. The molecule has 3 aromatic heterocycles. The highest BCUT2D eigenvalue weighted by atomic mass is 19.1. The fraction of sp³-hybridized carbons (Fsp3) is 0.105. The summed E-state index contributed by atoms with van der Waals surface area (Å²) in [7, 11) is 0. The van der Waals surface area contributed by atoms with Crippen LogP contribution in [-0.4, -0.2) is 19.6 Å². The van der Waals surface area contributed by atoms with Crippen LogP contribution in [0.1, 0.15) is 12.6 Å². The van der Waals surface area contributed by atoms with E-state index in [9.17, 15) is 4.39 Å². The van der Waals surface area contributed by atoms with Gasteiger partial charge in [-0.3, -0.25) is 5.10 Å². The predicted molar refractivity (Wildman–Crippen MR) is 93.8 cm³/mol. The van der Waals surface area contributed by atoms with Crippen molar-refractivity contribution in [3.63, 3.8) is 0 Å². The summed E-state index contributed by atoms with van der Waals surface area (Å²) in [6.45, 7) is 9.32. The molecule has 1 N–H and O–H groups in total. The largest absolute Gasteiger partial charge is 0.362 e. The Bertz CT molecular complexity index is 1100. The normalized spacial score (nSPS) is 10.9. The van der Waals surface area contributed by atoms with Crippen LogP contribution in [0, 0.1) is 12.4 Å². The number of benzene rings is 1. The lowest BCUT2D eigenvalue weighted by atomic mass is 9.99. The van der Waals surface area contributed by atoms with Crippen LogP contribution in [0.4, 0.5) is 10.2 Å². The molecule has 0 aliphatic heterocycles. The molecular formula is C19H14FN5. The van der Waals surface area contributed by atoms with Crippen molar-refractivity contribution in [3.05, 3.63) is 71.7 Å². The fourth-order valence-corrected chi connectivity index (χ4v) is 2.96. The Labute approximate surface area is 143 Å². The number of aromatic nitrogens is 4. The van der Waals surface area contributed by atoms with Crippen molar-refractivity contribution < 1.29 is 4.39 Å². The first-order valence-corrected chi connectivity index (χ1v) is 7.89. The summed E-state index contributed by atoms with van der Waals surface area (Å²) in [5.41, 5.74) is 5.20. The smallest absolute Gasteiger partial charge is 0.254 e. The van der Waals surface area contributed by atoms with Crippen LogP contribution >= 0.6 is 0 Å². The number of nitrogens with zero attached hydrogens (tertiary/aromatic N) is 4.